The van der Waals surface area contributed by atoms with Crippen LogP contribution in [0.2, 0.25) is 0 Å². The first kappa shape index (κ1) is 25.0. The van der Waals surface area contributed by atoms with Crippen LogP contribution in [0.15, 0.2) is 71.8 Å². The molecule has 180 valence electrons. The zero-order valence-corrected chi connectivity index (χ0v) is 19.5. The molecule has 0 unspecified atom stereocenters. The Balaban J connectivity index is 1.46. The molecule has 9 nitrogen and oxygen atoms in total. The van der Waals surface area contributed by atoms with Gasteiger partial charge >= 0.3 is 5.97 Å². The highest BCUT2D eigenvalue weighted by molar-refractivity contribution is 5.97. The van der Waals surface area contributed by atoms with Gasteiger partial charge in [0.25, 0.3) is 11.8 Å². The lowest BCUT2D eigenvalue weighted by molar-refractivity contribution is -0.120. The van der Waals surface area contributed by atoms with E-state index in [1.54, 1.807) is 48.5 Å². The number of rotatable bonds is 9. The van der Waals surface area contributed by atoms with Crippen molar-refractivity contribution in [3.8, 4) is 17.2 Å². The van der Waals surface area contributed by atoms with Gasteiger partial charge in [0, 0.05) is 5.56 Å². The van der Waals surface area contributed by atoms with Crippen LogP contribution in [0.5, 0.6) is 17.2 Å². The van der Waals surface area contributed by atoms with E-state index in [1.807, 2.05) is 19.1 Å². The standard InChI is InChI=1S/C26H25N3O6/c1-17-4-8-19(9-5-17)26(32)35-21-11-6-18(7-12-21)15-28-29-24(30)16-27-25(31)20-10-13-22(33-2)23(14-20)34-3/h4-15H,16H2,1-3H3,(H,27,31)(H,29,30)/b28-15-. The molecule has 0 spiro atoms. The maximum absolute atomic E-state index is 12.3. The lowest BCUT2D eigenvalue weighted by atomic mass is 10.1. The minimum atomic E-state index is -0.501. The van der Waals surface area contributed by atoms with Gasteiger partial charge in [-0.25, -0.2) is 10.2 Å². The largest absolute Gasteiger partial charge is 0.493 e. The van der Waals surface area contributed by atoms with Crippen LogP contribution >= 0.6 is 0 Å². The average molecular weight is 476 g/mol. The highest BCUT2D eigenvalue weighted by Gasteiger charge is 2.12. The number of nitrogens with one attached hydrogen (secondary N) is 2. The maximum Gasteiger partial charge on any atom is 0.343 e. The topological polar surface area (TPSA) is 115 Å². The Morgan fingerprint density at radius 3 is 2.17 bits per heavy atom. The second kappa shape index (κ2) is 12.0. The highest BCUT2D eigenvalue weighted by atomic mass is 16.5. The van der Waals surface area contributed by atoms with Gasteiger partial charge in [-0.15, -0.1) is 0 Å². The molecule has 0 heterocycles. The summed E-state index contributed by atoms with van der Waals surface area (Å²) in [5, 5.41) is 6.38. The molecule has 0 bridgehead atoms. The molecule has 0 aromatic heterocycles. The molecule has 0 fully saturated rings. The minimum Gasteiger partial charge on any atom is -0.493 e. The van der Waals surface area contributed by atoms with Crippen molar-refractivity contribution in [3.63, 3.8) is 0 Å². The smallest absolute Gasteiger partial charge is 0.343 e. The summed E-state index contributed by atoms with van der Waals surface area (Å²) in [4.78, 5) is 36.4. The number of hydrazone groups is 1. The summed E-state index contributed by atoms with van der Waals surface area (Å²) < 4.78 is 15.7. The van der Waals surface area contributed by atoms with Crippen LogP contribution in [0.1, 0.15) is 31.8 Å². The van der Waals surface area contributed by atoms with E-state index in [9.17, 15) is 14.4 Å². The molecule has 9 heteroatoms. The van der Waals surface area contributed by atoms with Crippen molar-refractivity contribution in [2.75, 3.05) is 20.8 Å². The van der Waals surface area contributed by atoms with E-state index in [0.29, 0.717) is 33.9 Å². The van der Waals surface area contributed by atoms with Gasteiger partial charge in [-0.1, -0.05) is 17.7 Å². The Kier molecular flexibility index (Phi) is 8.55. The Hall–Kier alpha value is -4.66. The number of amides is 2. The molecular formula is C26H25N3O6. The predicted octanol–water partition coefficient (Wildman–Crippen LogP) is 3.11. The number of hydrogen-bond acceptors (Lipinski definition) is 7. The zero-order chi connectivity index (χ0) is 25.2. The van der Waals surface area contributed by atoms with Gasteiger partial charge < -0.3 is 19.5 Å². The first-order valence-corrected chi connectivity index (χ1v) is 10.6. The summed E-state index contributed by atoms with van der Waals surface area (Å²) in [5.41, 5.74) is 4.85. The van der Waals surface area contributed by atoms with Crippen LogP contribution in [-0.2, 0) is 4.79 Å². The van der Waals surface area contributed by atoms with Gasteiger partial charge in [0.15, 0.2) is 11.5 Å². The summed E-state index contributed by atoms with van der Waals surface area (Å²) in [5.74, 6) is -0.109. The third-order valence-electron chi connectivity index (χ3n) is 4.84. The number of nitrogens with zero attached hydrogens (tertiary/aromatic N) is 1. The number of benzene rings is 3. The second-order valence-electron chi connectivity index (χ2n) is 7.37. The van der Waals surface area contributed by atoms with Crippen molar-refractivity contribution in [2.24, 2.45) is 5.10 Å². The fraction of sp³-hybridized carbons (Fsp3) is 0.154. The molecule has 3 aromatic carbocycles. The van der Waals surface area contributed by atoms with E-state index in [2.05, 4.69) is 15.8 Å². The Morgan fingerprint density at radius 2 is 1.51 bits per heavy atom. The molecule has 3 rings (SSSR count). The lowest BCUT2D eigenvalue weighted by Gasteiger charge is -2.09. The van der Waals surface area contributed by atoms with Crippen molar-refractivity contribution >= 4 is 24.0 Å². The second-order valence-corrected chi connectivity index (χ2v) is 7.37. The Labute approximate surface area is 202 Å². The van der Waals surface area contributed by atoms with Gasteiger partial charge in [0.05, 0.1) is 32.5 Å². The summed E-state index contributed by atoms with van der Waals surface area (Å²) in [7, 11) is 2.97. The Bertz CT molecular complexity index is 1220. The zero-order valence-electron chi connectivity index (χ0n) is 19.5. The Morgan fingerprint density at radius 1 is 0.857 bits per heavy atom. The summed E-state index contributed by atoms with van der Waals surface area (Å²) in [6, 6.07) is 18.4. The van der Waals surface area contributed by atoms with Gasteiger partial charge in [-0.2, -0.15) is 5.10 Å². The summed E-state index contributed by atoms with van der Waals surface area (Å²) in [6.07, 6.45) is 1.43. The first-order chi connectivity index (χ1) is 16.9. The van der Waals surface area contributed by atoms with E-state index >= 15 is 0 Å². The van der Waals surface area contributed by atoms with E-state index in [1.165, 1.54) is 26.5 Å². The molecule has 0 saturated carbocycles. The van der Waals surface area contributed by atoms with Crippen molar-refractivity contribution in [1.29, 1.82) is 0 Å². The van der Waals surface area contributed by atoms with Crippen molar-refractivity contribution in [2.45, 2.75) is 6.92 Å². The minimum absolute atomic E-state index is 0.265. The third kappa shape index (κ3) is 7.16. The molecular weight excluding hydrogens is 450 g/mol. The number of carbonyl (C=O) groups excluding carboxylic acids is 3. The molecule has 0 radical (unpaired) electrons. The molecule has 35 heavy (non-hydrogen) atoms. The van der Waals surface area contributed by atoms with Crippen LogP contribution in [0.25, 0.3) is 0 Å². The van der Waals surface area contributed by atoms with Crippen LogP contribution in [0, 0.1) is 6.92 Å². The number of ether oxygens (including phenoxy) is 3. The molecule has 0 atom stereocenters. The molecule has 3 aromatic rings. The SMILES string of the molecule is COc1ccc(C(=O)NCC(=O)N/N=C\c2ccc(OC(=O)c3ccc(C)cc3)cc2)cc1OC. The van der Waals surface area contributed by atoms with E-state index in [4.69, 9.17) is 14.2 Å². The van der Waals surface area contributed by atoms with Crippen LogP contribution in [-0.4, -0.2) is 44.8 Å². The molecule has 0 saturated heterocycles. The fourth-order valence-corrected chi connectivity index (χ4v) is 2.94. The van der Waals surface area contributed by atoms with Gasteiger partial charge in [-0.05, 0) is 67.1 Å². The van der Waals surface area contributed by atoms with E-state index in [-0.39, 0.29) is 6.54 Å². The quantitative estimate of drug-likeness (QED) is 0.213. The molecule has 0 aliphatic heterocycles. The summed E-state index contributed by atoms with van der Waals surface area (Å²) >= 11 is 0. The number of hydrogen-bond donors (Lipinski definition) is 2. The van der Waals surface area contributed by atoms with Crippen LogP contribution < -0.4 is 25.0 Å². The predicted molar refractivity (Wildman–Crippen MR) is 130 cm³/mol. The van der Waals surface area contributed by atoms with Crippen LogP contribution in [0.3, 0.4) is 0 Å². The monoisotopic (exact) mass is 475 g/mol. The van der Waals surface area contributed by atoms with Crippen molar-refractivity contribution in [3.05, 3.63) is 89.0 Å². The fourth-order valence-electron chi connectivity index (χ4n) is 2.94. The summed E-state index contributed by atoms with van der Waals surface area (Å²) in [6.45, 7) is 1.67. The van der Waals surface area contributed by atoms with Crippen molar-refractivity contribution < 1.29 is 28.6 Å². The normalized spacial score (nSPS) is 10.5. The molecule has 0 aliphatic carbocycles. The van der Waals surface area contributed by atoms with E-state index < -0.39 is 17.8 Å². The first-order valence-electron chi connectivity index (χ1n) is 10.6. The maximum atomic E-state index is 12.3. The number of aryl methyl sites for hydroxylation is 1. The highest BCUT2D eigenvalue weighted by Crippen LogP contribution is 2.27. The number of methoxy groups -OCH3 is 2. The molecule has 2 N–H and O–H groups in total. The van der Waals surface area contributed by atoms with Gasteiger partial charge in [0.1, 0.15) is 5.75 Å². The van der Waals surface area contributed by atoms with E-state index in [0.717, 1.165) is 5.56 Å². The molecule has 0 aliphatic rings. The van der Waals surface area contributed by atoms with Gasteiger partial charge in [-0.3, -0.25) is 9.59 Å². The van der Waals surface area contributed by atoms with Gasteiger partial charge in [0.2, 0.25) is 0 Å². The van der Waals surface area contributed by atoms with Crippen LogP contribution in [0.4, 0.5) is 0 Å². The lowest BCUT2D eigenvalue weighted by Crippen LogP contribution is -2.34. The third-order valence-corrected chi connectivity index (χ3v) is 4.84. The average Bonchev–Trinajstić information content (AvgIpc) is 2.88. The molecule has 2 amide bonds. The van der Waals surface area contributed by atoms with Crippen molar-refractivity contribution in [1.82, 2.24) is 10.7 Å². The number of esters is 1. The number of carbonyl (C=O) groups is 3.